The van der Waals surface area contributed by atoms with Gasteiger partial charge in [0.25, 0.3) is 0 Å². The molecule has 94 valence electrons. The van der Waals surface area contributed by atoms with Crippen molar-refractivity contribution in [2.75, 3.05) is 36.5 Å². The van der Waals surface area contributed by atoms with E-state index in [9.17, 15) is 0 Å². The fourth-order valence-electron chi connectivity index (χ4n) is 2.04. The number of anilines is 2. The molecule has 0 bridgehead atoms. The zero-order valence-corrected chi connectivity index (χ0v) is 10.3. The Balaban J connectivity index is 2.01. The summed E-state index contributed by atoms with van der Waals surface area (Å²) in [5, 5.41) is 12.3. The van der Waals surface area contributed by atoms with Gasteiger partial charge in [-0.05, 0) is 18.9 Å². The maximum atomic E-state index is 9.13. The molecule has 5 nitrogen and oxygen atoms in total. The summed E-state index contributed by atoms with van der Waals surface area (Å²) in [4.78, 5) is 10.9. The molecular formula is C12H20N4O. The van der Waals surface area contributed by atoms with Gasteiger partial charge in [0.2, 0.25) is 5.95 Å². The molecule has 17 heavy (non-hydrogen) atoms. The van der Waals surface area contributed by atoms with Gasteiger partial charge in [0.1, 0.15) is 5.82 Å². The maximum absolute atomic E-state index is 9.13. The first kappa shape index (κ1) is 12.1. The number of aliphatic hydroxyl groups excluding tert-OH is 1. The van der Waals surface area contributed by atoms with Crippen LogP contribution in [0.4, 0.5) is 11.8 Å². The van der Waals surface area contributed by atoms with Crippen LogP contribution in [0.3, 0.4) is 0 Å². The molecule has 0 spiro atoms. The van der Waals surface area contributed by atoms with Gasteiger partial charge in [0, 0.05) is 38.4 Å². The highest BCUT2D eigenvalue weighted by Gasteiger charge is 2.22. The van der Waals surface area contributed by atoms with Crippen LogP contribution in [-0.2, 0) is 0 Å². The number of hydrogen-bond acceptors (Lipinski definition) is 5. The van der Waals surface area contributed by atoms with Crippen LogP contribution in [0.2, 0.25) is 0 Å². The smallest absolute Gasteiger partial charge is 0.224 e. The van der Waals surface area contributed by atoms with E-state index in [1.807, 2.05) is 6.07 Å². The molecule has 0 saturated carbocycles. The summed E-state index contributed by atoms with van der Waals surface area (Å²) in [7, 11) is 0. The maximum Gasteiger partial charge on any atom is 0.224 e. The summed E-state index contributed by atoms with van der Waals surface area (Å²) in [6.07, 6.45) is 3.88. The zero-order valence-electron chi connectivity index (χ0n) is 10.3. The van der Waals surface area contributed by atoms with E-state index in [2.05, 4.69) is 27.1 Å². The quantitative estimate of drug-likeness (QED) is 0.802. The van der Waals surface area contributed by atoms with Gasteiger partial charge in [0.05, 0.1) is 0 Å². The molecular weight excluding hydrogens is 216 g/mol. The van der Waals surface area contributed by atoms with E-state index in [1.54, 1.807) is 6.20 Å². The van der Waals surface area contributed by atoms with Crippen molar-refractivity contribution in [1.29, 1.82) is 0 Å². The molecule has 0 aliphatic carbocycles. The van der Waals surface area contributed by atoms with Crippen molar-refractivity contribution in [2.24, 2.45) is 5.92 Å². The van der Waals surface area contributed by atoms with Crippen LogP contribution in [0.15, 0.2) is 12.3 Å². The highest BCUT2D eigenvalue weighted by molar-refractivity contribution is 5.43. The van der Waals surface area contributed by atoms with E-state index in [-0.39, 0.29) is 6.61 Å². The van der Waals surface area contributed by atoms with Crippen LogP contribution < -0.4 is 10.2 Å². The van der Waals surface area contributed by atoms with Gasteiger partial charge in [-0.2, -0.15) is 4.98 Å². The number of rotatable bonds is 5. The van der Waals surface area contributed by atoms with Crippen LogP contribution in [0.25, 0.3) is 0 Å². The molecule has 1 fully saturated rings. The molecule has 1 saturated heterocycles. The van der Waals surface area contributed by atoms with E-state index in [1.165, 1.54) is 0 Å². The predicted molar refractivity (Wildman–Crippen MR) is 68.2 cm³/mol. The summed E-state index contributed by atoms with van der Waals surface area (Å²) in [6, 6.07) is 1.93. The number of nitrogens with zero attached hydrogens (tertiary/aromatic N) is 3. The zero-order chi connectivity index (χ0) is 12.1. The van der Waals surface area contributed by atoms with E-state index < -0.39 is 0 Å². The summed E-state index contributed by atoms with van der Waals surface area (Å²) >= 11 is 0. The van der Waals surface area contributed by atoms with E-state index >= 15 is 0 Å². The minimum atomic E-state index is 0.266. The molecule has 1 unspecified atom stereocenters. The molecule has 1 aromatic heterocycles. The Labute approximate surface area is 102 Å². The third kappa shape index (κ3) is 3.06. The normalized spacial score (nSPS) is 19.6. The molecule has 1 aliphatic heterocycles. The Morgan fingerprint density at radius 3 is 3.18 bits per heavy atom. The molecule has 5 heteroatoms. The Morgan fingerprint density at radius 2 is 2.47 bits per heavy atom. The fourth-order valence-corrected chi connectivity index (χ4v) is 2.04. The largest absolute Gasteiger partial charge is 0.396 e. The van der Waals surface area contributed by atoms with Gasteiger partial charge in [-0.25, -0.2) is 4.98 Å². The fraction of sp³-hybridized carbons (Fsp3) is 0.667. The Kier molecular flexibility index (Phi) is 4.14. The average Bonchev–Trinajstić information content (AvgIpc) is 2.85. The molecule has 1 aromatic rings. The highest BCUT2D eigenvalue weighted by atomic mass is 16.3. The Bertz CT molecular complexity index is 358. The third-order valence-corrected chi connectivity index (χ3v) is 3.04. The SMILES string of the molecule is CCCNc1nccc(N2CCC(CO)C2)n1. The van der Waals surface area contributed by atoms with Crippen LogP contribution in [0.1, 0.15) is 19.8 Å². The molecule has 2 heterocycles. The molecule has 0 amide bonds. The number of aromatic nitrogens is 2. The van der Waals surface area contributed by atoms with Crippen LogP contribution in [-0.4, -0.2) is 41.3 Å². The minimum Gasteiger partial charge on any atom is -0.396 e. The Hall–Kier alpha value is -1.36. The van der Waals surface area contributed by atoms with E-state index in [4.69, 9.17) is 5.11 Å². The van der Waals surface area contributed by atoms with Crippen molar-refractivity contribution < 1.29 is 5.11 Å². The lowest BCUT2D eigenvalue weighted by molar-refractivity contribution is 0.238. The predicted octanol–water partition coefficient (Wildman–Crippen LogP) is 1.12. The first-order chi connectivity index (χ1) is 8.33. The topological polar surface area (TPSA) is 61.3 Å². The second kappa shape index (κ2) is 5.82. The molecule has 1 atom stereocenters. The van der Waals surface area contributed by atoms with Gasteiger partial charge in [-0.3, -0.25) is 0 Å². The summed E-state index contributed by atoms with van der Waals surface area (Å²) in [5.74, 6) is 2.03. The standard InChI is InChI=1S/C12H20N4O/c1-2-5-13-12-14-6-3-11(15-12)16-7-4-10(8-16)9-17/h3,6,10,17H,2,4-5,7-9H2,1H3,(H,13,14,15). The summed E-state index contributed by atoms with van der Waals surface area (Å²) in [6.45, 7) is 5.13. The third-order valence-electron chi connectivity index (χ3n) is 3.04. The second-order valence-electron chi connectivity index (χ2n) is 4.45. The van der Waals surface area contributed by atoms with Crippen molar-refractivity contribution in [3.05, 3.63) is 12.3 Å². The van der Waals surface area contributed by atoms with Gasteiger partial charge in [-0.15, -0.1) is 0 Å². The van der Waals surface area contributed by atoms with Crippen molar-refractivity contribution in [3.63, 3.8) is 0 Å². The van der Waals surface area contributed by atoms with E-state index in [0.29, 0.717) is 11.9 Å². The van der Waals surface area contributed by atoms with Gasteiger partial charge < -0.3 is 15.3 Å². The molecule has 1 aliphatic rings. The molecule has 2 rings (SSSR count). The van der Waals surface area contributed by atoms with Gasteiger partial charge in [0.15, 0.2) is 0 Å². The van der Waals surface area contributed by atoms with Crippen molar-refractivity contribution in [1.82, 2.24) is 9.97 Å². The lowest BCUT2D eigenvalue weighted by Gasteiger charge is -2.17. The van der Waals surface area contributed by atoms with Gasteiger partial charge in [-0.1, -0.05) is 6.92 Å². The Morgan fingerprint density at radius 1 is 1.59 bits per heavy atom. The van der Waals surface area contributed by atoms with Crippen LogP contribution in [0.5, 0.6) is 0 Å². The minimum absolute atomic E-state index is 0.266. The molecule has 0 aromatic carbocycles. The highest BCUT2D eigenvalue weighted by Crippen LogP contribution is 2.21. The lowest BCUT2D eigenvalue weighted by atomic mass is 10.1. The van der Waals surface area contributed by atoms with Crippen LogP contribution in [0, 0.1) is 5.92 Å². The number of nitrogens with one attached hydrogen (secondary N) is 1. The van der Waals surface area contributed by atoms with Crippen molar-refractivity contribution in [2.45, 2.75) is 19.8 Å². The van der Waals surface area contributed by atoms with E-state index in [0.717, 1.165) is 38.3 Å². The monoisotopic (exact) mass is 236 g/mol. The molecule has 2 N–H and O–H groups in total. The van der Waals surface area contributed by atoms with Crippen molar-refractivity contribution in [3.8, 4) is 0 Å². The average molecular weight is 236 g/mol. The summed E-state index contributed by atoms with van der Waals surface area (Å²) in [5.41, 5.74) is 0. The number of hydrogen-bond donors (Lipinski definition) is 2. The first-order valence-corrected chi connectivity index (χ1v) is 6.26. The number of aliphatic hydroxyl groups is 1. The second-order valence-corrected chi connectivity index (χ2v) is 4.45. The van der Waals surface area contributed by atoms with Gasteiger partial charge >= 0.3 is 0 Å². The van der Waals surface area contributed by atoms with Crippen molar-refractivity contribution >= 4 is 11.8 Å². The molecule has 0 radical (unpaired) electrons. The van der Waals surface area contributed by atoms with Crippen LogP contribution >= 0.6 is 0 Å². The summed E-state index contributed by atoms with van der Waals surface area (Å²) < 4.78 is 0. The lowest BCUT2D eigenvalue weighted by Crippen LogP contribution is -2.22. The first-order valence-electron chi connectivity index (χ1n) is 6.26.